The maximum Gasteiger partial charge on any atom is 0.311 e. The van der Waals surface area contributed by atoms with Crippen LogP contribution in [0.4, 0.5) is 10.1 Å². The summed E-state index contributed by atoms with van der Waals surface area (Å²) < 4.78 is 13.9. The summed E-state index contributed by atoms with van der Waals surface area (Å²) in [4.78, 5) is 9.95. The van der Waals surface area contributed by atoms with E-state index in [4.69, 9.17) is 5.26 Å². The number of phenols is 1. The lowest BCUT2D eigenvalue weighted by Crippen LogP contribution is -1.92. The van der Waals surface area contributed by atoms with E-state index in [2.05, 4.69) is 0 Å². The minimum Gasteiger partial charge on any atom is -0.502 e. The first-order chi connectivity index (χ1) is 9.04. The average molecular weight is 258 g/mol. The number of hydrogen-bond acceptors (Lipinski definition) is 4. The van der Waals surface area contributed by atoms with Crippen LogP contribution in [0.25, 0.3) is 11.1 Å². The fraction of sp³-hybridized carbons (Fsp3) is 0. The third kappa shape index (κ3) is 2.21. The highest BCUT2D eigenvalue weighted by molar-refractivity contribution is 5.70. The predicted octanol–water partition coefficient (Wildman–Crippen LogP) is 2.98. The van der Waals surface area contributed by atoms with Gasteiger partial charge in [-0.3, -0.25) is 10.1 Å². The van der Waals surface area contributed by atoms with E-state index in [0.29, 0.717) is 0 Å². The number of nitro benzene ring substituents is 1. The summed E-state index contributed by atoms with van der Waals surface area (Å²) in [6.07, 6.45) is 0. The van der Waals surface area contributed by atoms with Gasteiger partial charge < -0.3 is 5.11 Å². The molecular weight excluding hydrogens is 251 g/mol. The van der Waals surface area contributed by atoms with Crippen molar-refractivity contribution in [1.29, 1.82) is 5.26 Å². The van der Waals surface area contributed by atoms with Crippen LogP contribution < -0.4 is 0 Å². The van der Waals surface area contributed by atoms with E-state index in [0.717, 1.165) is 12.1 Å². The van der Waals surface area contributed by atoms with Crippen molar-refractivity contribution in [3.05, 3.63) is 57.9 Å². The molecule has 0 amide bonds. The molecule has 0 aliphatic carbocycles. The van der Waals surface area contributed by atoms with Gasteiger partial charge in [-0.1, -0.05) is 18.2 Å². The fourth-order valence-corrected chi connectivity index (χ4v) is 1.68. The van der Waals surface area contributed by atoms with Crippen LogP contribution in [0.3, 0.4) is 0 Å². The number of nitro groups is 1. The molecule has 6 heteroatoms. The lowest BCUT2D eigenvalue weighted by Gasteiger charge is -2.05. The zero-order valence-electron chi connectivity index (χ0n) is 9.50. The Bertz CT molecular complexity index is 708. The zero-order valence-corrected chi connectivity index (χ0v) is 9.50. The number of benzene rings is 2. The fourth-order valence-electron chi connectivity index (χ4n) is 1.68. The molecule has 0 spiro atoms. The average Bonchev–Trinajstić information content (AvgIpc) is 2.39. The molecule has 2 rings (SSSR count). The third-order valence-corrected chi connectivity index (χ3v) is 2.60. The van der Waals surface area contributed by atoms with E-state index < -0.39 is 22.2 Å². The van der Waals surface area contributed by atoms with Crippen LogP contribution in [0.1, 0.15) is 5.56 Å². The molecular formula is C13H7FN2O3. The Morgan fingerprint density at radius 2 is 2.05 bits per heavy atom. The van der Waals surface area contributed by atoms with Gasteiger partial charge >= 0.3 is 5.69 Å². The van der Waals surface area contributed by atoms with E-state index in [1.807, 2.05) is 0 Å². The number of phenolic OH excluding ortho intramolecular Hbond substituents is 1. The second-order valence-electron chi connectivity index (χ2n) is 3.74. The minimum atomic E-state index is -0.759. The summed E-state index contributed by atoms with van der Waals surface area (Å²) in [5.74, 6) is -1.24. The van der Waals surface area contributed by atoms with Gasteiger partial charge in [-0.2, -0.15) is 5.26 Å². The van der Waals surface area contributed by atoms with Crippen molar-refractivity contribution in [1.82, 2.24) is 0 Å². The van der Waals surface area contributed by atoms with Crippen molar-refractivity contribution in [2.75, 3.05) is 0 Å². The minimum absolute atomic E-state index is 0.0714. The maximum absolute atomic E-state index is 13.9. The van der Waals surface area contributed by atoms with Crippen molar-refractivity contribution in [3.63, 3.8) is 0 Å². The van der Waals surface area contributed by atoms with Gasteiger partial charge in [0.2, 0.25) is 0 Å². The van der Waals surface area contributed by atoms with Crippen LogP contribution in [-0.4, -0.2) is 10.0 Å². The van der Waals surface area contributed by atoms with Crippen molar-refractivity contribution in [2.24, 2.45) is 0 Å². The second-order valence-corrected chi connectivity index (χ2v) is 3.74. The SMILES string of the molecule is N#Cc1cccc(-c2ccc(O)c([N+](=O)[O-])c2)c1F. The molecule has 1 N–H and O–H groups in total. The number of rotatable bonds is 2. The molecule has 0 bridgehead atoms. The summed E-state index contributed by atoms with van der Waals surface area (Å²) in [5.41, 5.74) is -0.367. The van der Waals surface area contributed by atoms with Crippen LogP contribution in [0, 0.1) is 27.3 Å². The monoisotopic (exact) mass is 258 g/mol. The number of aromatic hydroxyl groups is 1. The summed E-state index contributed by atoms with van der Waals surface area (Å²) in [6, 6.07) is 9.43. The Balaban J connectivity index is 2.64. The van der Waals surface area contributed by atoms with Crippen molar-refractivity contribution in [2.45, 2.75) is 0 Å². The number of halogens is 1. The Kier molecular flexibility index (Phi) is 3.12. The standard InChI is InChI=1S/C13H7FN2O3/c14-13-9(7-15)2-1-3-10(13)8-4-5-12(17)11(6-8)16(18)19/h1-6,17H. The molecule has 2 aromatic rings. The first-order valence-corrected chi connectivity index (χ1v) is 5.21. The summed E-state index contributed by atoms with van der Waals surface area (Å²) in [6.45, 7) is 0. The van der Waals surface area contributed by atoms with Crippen LogP contribution in [0.5, 0.6) is 5.75 Å². The Morgan fingerprint density at radius 1 is 1.32 bits per heavy atom. The van der Waals surface area contributed by atoms with E-state index in [1.54, 1.807) is 6.07 Å². The molecule has 2 aromatic carbocycles. The van der Waals surface area contributed by atoms with E-state index in [9.17, 15) is 19.6 Å². The van der Waals surface area contributed by atoms with Gasteiger partial charge in [0.25, 0.3) is 0 Å². The predicted molar refractivity (Wildman–Crippen MR) is 64.9 cm³/mol. The third-order valence-electron chi connectivity index (χ3n) is 2.60. The first kappa shape index (κ1) is 12.5. The second kappa shape index (κ2) is 4.74. The molecule has 0 aliphatic rings. The molecule has 0 aliphatic heterocycles. The molecule has 0 radical (unpaired) electrons. The number of nitriles is 1. The lowest BCUT2D eigenvalue weighted by molar-refractivity contribution is -0.385. The Morgan fingerprint density at radius 3 is 2.68 bits per heavy atom. The smallest absolute Gasteiger partial charge is 0.311 e. The first-order valence-electron chi connectivity index (χ1n) is 5.21. The van der Waals surface area contributed by atoms with Crippen LogP contribution in [0.2, 0.25) is 0 Å². The highest BCUT2D eigenvalue weighted by atomic mass is 19.1. The number of hydrogen-bond donors (Lipinski definition) is 1. The molecule has 19 heavy (non-hydrogen) atoms. The van der Waals surface area contributed by atoms with Gasteiger partial charge in [0.15, 0.2) is 5.75 Å². The van der Waals surface area contributed by atoms with Gasteiger partial charge in [-0.05, 0) is 17.7 Å². The highest BCUT2D eigenvalue weighted by Crippen LogP contribution is 2.32. The quantitative estimate of drug-likeness (QED) is 0.662. The van der Waals surface area contributed by atoms with E-state index in [-0.39, 0.29) is 16.7 Å². The van der Waals surface area contributed by atoms with Crippen LogP contribution in [0.15, 0.2) is 36.4 Å². The largest absolute Gasteiger partial charge is 0.502 e. The molecule has 0 fully saturated rings. The lowest BCUT2D eigenvalue weighted by atomic mass is 10.0. The highest BCUT2D eigenvalue weighted by Gasteiger charge is 2.17. The Labute approximate surface area is 107 Å². The zero-order chi connectivity index (χ0) is 14.0. The van der Waals surface area contributed by atoms with Gasteiger partial charge in [0.05, 0.1) is 10.5 Å². The maximum atomic E-state index is 13.9. The van der Waals surface area contributed by atoms with Gasteiger partial charge in [0, 0.05) is 11.6 Å². The molecule has 94 valence electrons. The van der Waals surface area contributed by atoms with E-state index >= 15 is 0 Å². The van der Waals surface area contributed by atoms with Crippen molar-refractivity contribution < 1.29 is 14.4 Å². The molecule has 0 unspecified atom stereocenters. The van der Waals surface area contributed by atoms with Crippen molar-refractivity contribution >= 4 is 5.69 Å². The molecule has 0 saturated carbocycles. The summed E-state index contributed by atoms with van der Waals surface area (Å²) in [7, 11) is 0. The molecule has 0 atom stereocenters. The summed E-state index contributed by atoms with van der Waals surface area (Å²) >= 11 is 0. The van der Waals surface area contributed by atoms with E-state index in [1.165, 1.54) is 24.3 Å². The topological polar surface area (TPSA) is 87.2 Å². The normalized spacial score (nSPS) is 9.89. The molecule has 0 heterocycles. The molecule has 0 saturated heterocycles. The van der Waals surface area contributed by atoms with Crippen LogP contribution >= 0.6 is 0 Å². The molecule has 5 nitrogen and oxygen atoms in total. The molecule has 0 aromatic heterocycles. The van der Waals surface area contributed by atoms with Gasteiger partial charge in [0.1, 0.15) is 11.9 Å². The van der Waals surface area contributed by atoms with Gasteiger partial charge in [-0.15, -0.1) is 0 Å². The van der Waals surface area contributed by atoms with Crippen molar-refractivity contribution in [3.8, 4) is 22.9 Å². The summed E-state index contributed by atoms with van der Waals surface area (Å²) in [5, 5.41) is 28.8. The van der Waals surface area contributed by atoms with Crippen LogP contribution in [-0.2, 0) is 0 Å². The Hall–Kier alpha value is -2.94. The number of nitrogens with zero attached hydrogens (tertiary/aromatic N) is 2. The van der Waals surface area contributed by atoms with Gasteiger partial charge in [-0.25, -0.2) is 4.39 Å².